The quantitative estimate of drug-likeness (QED) is 0.320. The van der Waals surface area contributed by atoms with Crippen molar-refractivity contribution in [3.8, 4) is 5.75 Å². The molecule has 0 unspecified atom stereocenters. The Balaban J connectivity index is 1.61. The van der Waals surface area contributed by atoms with Crippen LogP contribution in [0.25, 0.3) is 6.08 Å². The van der Waals surface area contributed by atoms with Crippen molar-refractivity contribution >= 4 is 6.08 Å². The van der Waals surface area contributed by atoms with Crippen LogP contribution in [0, 0.1) is 29.5 Å². The minimum atomic E-state index is -4.76. The van der Waals surface area contributed by atoms with Gasteiger partial charge in [-0.3, -0.25) is 0 Å². The molecule has 3 rings (SSSR count). The van der Waals surface area contributed by atoms with Crippen molar-refractivity contribution in [3.05, 3.63) is 47.3 Å². The molecule has 0 aromatic heterocycles. The number of benzene rings is 1. The lowest BCUT2D eigenvalue weighted by Gasteiger charge is -2.37. The Kier molecular flexibility index (Phi) is 8.23. The Labute approximate surface area is 183 Å². The van der Waals surface area contributed by atoms with E-state index in [-0.39, 0.29) is 23.8 Å². The first-order chi connectivity index (χ1) is 14.8. The van der Waals surface area contributed by atoms with Gasteiger partial charge in [-0.25, -0.2) is 4.39 Å². The average Bonchev–Trinajstić information content (AvgIpc) is 2.74. The van der Waals surface area contributed by atoms with Crippen molar-refractivity contribution < 1.29 is 22.3 Å². The van der Waals surface area contributed by atoms with Crippen LogP contribution in [0.15, 0.2) is 30.4 Å². The maximum atomic E-state index is 14.4. The molecular weight excluding hydrogens is 404 g/mol. The molecule has 5 heteroatoms. The van der Waals surface area contributed by atoms with Gasteiger partial charge in [0.05, 0.1) is 6.61 Å². The van der Waals surface area contributed by atoms with Crippen molar-refractivity contribution in [2.24, 2.45) is 23.7 Å². The van der Waals surface area contributed by atoms with Crippen molar-refractivity contribution in [2.45, 2.75) is 71.4 Å². The predicted molar refractivity (Wildman–Crippen MR) is 117 cm³/mol. The van der Waals surface area contributed by atoms with E-state index in [2.05, 4.69) is 19.1 Å². The number of rotatable bonds is 6. The smallest absolute Gasteiger partial charge is 0.419 e. The fourth-order valence-corrected chi connectivity index (χ4v) is 5.40. The summed E-state index contributed by atoms with van der Waals surface area (Å²) in [5.41, 5.74) is -1.36. The van der Waals surface area contributed by atoms with Crippen molar-refractivity contribution in [1.82, 2.24) is 0 Å². The molecule has 0 atom stereocenters. The zero-order valence-electron chi connectivity index (χ0n) is 18.6. The van der Waals surface area contributed by atoms with E-state index >= 15 is 0 Å². The van der Waals surface area contributed by atoms with Gasteiger partial charge in [0.25, 0.3) is 0 Å². The molecule has 0 radical (unpaired) electrons. The molecule has 0 saturated heterocycles. The average molecular weight is 439 g/mol. The third-order valence-electron chi connectivity index (χ3n) is 7.03. The molecule has 0 bridgehead atoms. The summed E-state index contributed by atoms with van der Waals surface area (Å²) in [5, 5.41) is 0. The van der Waals surface area contributed by atoms with Crippen LogP contribution in [0.4, 0.5) is 17.6 Å². The Hall–Kier alpha value is -1.78. The summed E-state index contributed by atoms with van der Waals surface area (Å²) in [5.74, 6) is 0.850. The molecule has 0 spiro atoms. The van der Waals surface area contributed by atoms with Gasteiger partial charge in [0.1, 0.15) is 5.56 Å². The van der Waals surface area contributed by atoms with Crippen molar-refractivity contribution in [2.75, 3.05) is 6.61 Å². The molecule has 2 aliphatic rings. The molecule has 0 aliphatic heterocycles. The van der Waals surface area contributed by atoms with E-state index in [0.29, 0.717) is 0 Å². The van der Waals surface area contributed by atoms with E-state index in [1.165, 1.54) is 43.9 Å². The number of hydrogen-bond donors (Lipinski definition) is 0. The van der Waals surface area contributed by atoms with Crippen LogP contribution in [0.3, 0.4) is 0 Å². The second kappa shape index (κ2) is 10.7. The largest absolute Gasteiger partial charge is 0.491 e. The van der Waals surface area contributed by atoms with Gasteiger partial charge in [0.2, 0.25) is 0 Å². The Morgan fingerprint density at radius 1 is 0.903 bits per heavy atom. The Morgan fingerprint density at radius 2 is 1.45 bits per heavy atom. The maximum Gasteiger partial charge on any atom is 0.419 e. The van der Waals surface area contributed by atoms with E-state index in [0.717, 1.165) is 43.4 Å². The maximum absolute atomic E-state index is 14.4. The van der Waals surface area contributed by atoms with Crippen LogP contribution in [0.2, 0.25) is 0 Å². The zero-order chi connectivity index (χ0) is 22.4. The number of allylic oxidation sites excluding steroid dienone is 3. The molecule has 31 heavy (non-hydrogen) atoms. The van der Waals surface area contributed by atoms with Gasteiger partial charge in [-0.05, 0) is 101 Å². The van der Waals surface area contributed by atoms with Gasteiger partial charge in [-0.2, -0.15) is 13.2 Å². The normalized spacial score (nSPS) is 27.8. The lowest BCUT2D eigenvalue weighted by Crippen LogP contribution is -2.25. The van der Waals surface area contributed by atoms with E-state index in [4.69, 9.17) is 4.74 Å². The minimum absolute atomic E-state index is 0.115. The second-order valence-corrected chi connectivity index (χ2v) is 9.01. The molecule has 2 aliphatic carbocycles. The van der Waals surface area contributed by atoms with Crippen molar-refractivity contribution in [3.63, 3.8) is 0 Å². The fourth-order valence-electron chi connectivity index (χ4n) is 5.40. The highest BCUT2D eigenvalue weighted by Gasteiger charge is 2.38. The molecule has 2 saturated carbocycles. The second-order valence-electron chi connectivity index (χ2n) is 9.01. The molecule has 172 valence electrons. The molecule has 0 heterocycles. The van der Waals surface area contributed by atoms with Crippen molar-refractivity contribution in [1.29, 1.82) is 0 Å². The van der Waals surface area contributed by atoms with Crippen LogP contribution in [-0.2, 0) is 6.18 Å². The van der Waals surface area contributed by atoms with E-state index in [9.17, 15) is 17.6 Å². The monoisotopic (exact) mass is 438 g/mol. The van der Waals surface area contributed by atoms with Gasteiger partial charge in [0.15, 0.2) is 11.6 Å². The minimum Gasteiger partial charge on any atom is -0.491 e. The van der Waals surface area contributed by atoms with Gasteiger partial charge in [0, 0.05) is 0 Å². The predicted octanol–water partition coefficient (Wildman–Crippen LogP) is 8.45. The Bertz CT molecular complexity index is 764. The van der Waals surface area contributed by atoms with Crippen LogP contribution in [0.1, 0.15) is 76.3 Å². The summed E-state index contributed by atoms with van der Waals surface area (Å²) in [6, 6.07) is 2.59. The summed E-state index contributed by atoms with van der Waals surface area (Å²) in [6.45, 7) is 3.81. The summed E-state index contributed by atoms with van der Waals surface area (Å²) >= 11 is 0. The summed E-state index contributed by atoms with van der Waals surface area (Å²) in [7, 11) is 0. The molecule has 2 fully saturated rings. The third kappa shape index (κ3) is 6.14. The van der Waals surface area contributed by atoms with Crippen LogP contribution < -0.4 is 4.74 Å². The lowest BCUT2D eigenvalue weighted by molar-refractivity contribution is -0.140. The number of halogens is 4. The number of alkyl halides is 3. The lowest BCUT2D eigenvalue weighted by atomic mass is 9.69. The zero-order valence-corrected chi connectivity index (χ0v) is 18.6. The van der Waals surface area contributed by atoms with Gasteiger partial charge in [-0.1, -0.05) is 30.4 Å². The number of ether oxygens (including phenoxy) is 1. The fraction of sp³-hybridized carbons (Fsp3) is 0.615. The SMILES string of the molecule is C/C=C/C1CCC(C2CCC(/C=C/c3ccc(OCC)c(F)c3C(F)(F)F)CC2)CC1. The summed E-state index contributed by atoms with van der Waals surface area (Å²) in [6.07, 6.45) is 12.4. The van der Waals surface area contributed by atoms with Gasteiger partial charge in [-0.15, -0.1) is 0 Å². The van der Waals surface area contributed by atoms with Crippen LogP contribution in [-0.4, -0.2) is 6.61 Å². The number of hydrogen-bond acceptors (Lipinski definition) is 1. The Morgan fingerprint density at radius 3 is 1.94 bits per heavy atom. The molecule has 0 amide bonds. The van der Waals surface area contributed by atoms with Gasteiger partial charge >= 0.3 is 6.18 Å². The first-order valence-corrected chi connectivity index (χ1v) is 11.7. The van der Waals surface area contributed by atoms with E-state index in [1.807, 2.05) is 6.08 Å². The third-order valence-corrected chi connectivity index (χ3v) is 7.03. The molecule has 1 aromatic carbocycles. The molecule has 1 nitrogen and oxygen atoms in total. The molecule has 0 N–H and O–H groups in total. The molecular formula is C26H34F4O. The van der Waals surface area contributed by atoms with E-state index < -0.39 is 17.6 Å². The van der Waals surface area contributed by atoms with Gasteiger partial charge < -0.3 is 4.74 Å². The van der Waals surface area contributed by atoms with E-state index in [1.54, 1.807) is 6.92 Å². The summed E-state index contributed by atoms with van der Waals surface area (Å²) < 4.78 is 59.9. The van der Waals surface area contributed by atoms with Crippen LogP contribution in [0.5, 0.6) is 5.75 Å². The standard InChI is InChI=1S/C26H34F4O/c1-3-5-18-6-11-20(12-7-18)21-13-8-19(9-14-21)10-15-22-16-17-23(31-4-2)25(27)24(22)26(28,29)30/h3,5,10,15-21H,4,6-9,11-14H2,1-2H3/b5-3+,15-10+. The highest BCUT2D eigenvalue weighted by molar-refractivity contribution is 5.57. The highest BCUT2D eigenvalue weighted by atomic mass is 19.4. The van der Waals surface area contributed by atoms with Crippen LogP contribution >= 0.6 is 0 Å². The summed E-state index contributed by atoms with van der Waals surface area (Å²) in [4.78, 5) is 0. The highest BCUT2D eigenvalue weighted by Crippen LogP contribution is 2.43. The first-order valence-electron chi connectivity index (χ1n) is 11.7. The molecule has 1 aromatic rings. The first kappa shape index (κ1) is 23.9. The topological polar surface area (TPSA) is 9.23 Å².